The second-order valence-corrected chi connectivity index (χ2v) is 4.49. The smallest absolute Gasteiger partial charge is 0.236 e. The van der Waals surface area contributed by atoms with Gasteiger partial charge >= 0.3 is 0 Å². The lowest BCUT2D eigenvalue weighted by Gasteiger charge is -2.19. The summed E-state index contributed by atoms with van der Waals surface area (Å²) >= 11 is 1.79. The van der Waals surface area contributed by atoms with Gasteiger partial charge in [0.05, 0.1) is 6.54 Å². The number of carbonyl (C=O) groups is 1. The Balaban J connectivity index is 0.00000112. The highest BCUT2D eigenvalue weighted by molar-refractivity contribution is 7.10. The second kappa shape index (κ2) is 5.49. The molecular weight excluding hydrogens is 232 g/mol. The zero-order valence-electron chi connectivity index (χ0n) is 8.44. The molecule has 0 aromatic carbocycles. The van der Waals surface area contributed by atoms with Gasteiger partial charge in [-0.2, -0.15) is 0 Å². The van der Waals surface area contributed by atoms with E-state index < -0.39 is 0 Å². The summed E-state index contributed by atoms with van der Waals surface area (Å²) < 4.78 is 0. The molecule has 2 heterocycles. The number of halogens is 1. The van der Waals surface area contributed by atoms with E-state index in [9.17, 15) is 4.79 Å². The molecule has 84 valence electrons. The normalized spacial score (nSPS) is 15.1. The number of amides is 1. The van der Waals surface area contributed by atoms with Gasteiger partial charge < -0.3 is 10.6 Å². The molecule has 0 fully saturated rings. The Morgan fingerprint density at radius 1 is 1.60 bits per heavy atom. The molecule has 15 heavy (non-hydrogen) atoms. The highest BCUT2D eigenvalue weighted by Gasteiger charge is 2.18. The van der Waals surface area contributed by atoms with E-state index in [1.807, 2.05) is 4.90 Å². The molecule has 0 saturated carbocycles. The van der Waals surface area contributed by atoms with E-state index >= 15 is 0 Å². The molecule has 0 radical (unpaired) electrons. The second-order valence-electron chi connectivity index (χ2n) is 3.49. The van der Waals surface area contributed by atoms with Gasteiger partial charge in [0.25, 0.3) is 0 Å². The summed E-state index contributed by atoms with van der Waals surface area (Å²) in [5.74, 6) is 0.0593. The molecule has 0 spiro atoms. The van der Waals surface area contributed by atoms with Crippen molar-refractivity contribution in [3.8, 4) is 0 Å². The summed E-state index contributed by atoms with van der Waals surface area (Å²) in [6, 6.07) is 2.11. The fraction of sp³-hybridized carbons (Fsp3) is 0.500. The van der Waals surface area contributed by atoms with Crippen LogP contribution in [0.15, 0.2) is 11.4 Å². The molecule has 5 heteroatoms. The average molecular weight is 247 g/mol. The number of nitrogens with two attached hydrogens (primary N) is 1. The Morgan fingerprint density at radius 3 is 3.13 bits per heavy atom. The Hall–Kier alpha value is -0.580. The predicted molar refractivity (Wildman–Crippen MR) is 64.4 cm³/mol. The van der Waals surface area contributed by atoms with Crippen LogP contribution < -0.4 is 5.73 Å². The monoisotopic (exact) mass is 246 g/mol. The minimum atomic E-state index is 0. The summed E-state index contributed by atoms with van der Waals surface area (Å²) in [5.41, 5.74) is 6.66. The van der Waals surface area contributed by atoms with E-state index in [0.717, 1.165) is 25.9 Å². The zero-order valence-corrected chi connectivity index (χ0v) is 10.1. The minimum absolute atomic E-state index is 0. The molecule has 1 aliphatic heterocycles. The summed E-state index contributed by atoms with van der Waals surface area (Å²) in [7, 11) is 0. The third-order valence-corrected chi connectivity index (χ3v) is 3.58. The van der Waals surface area contributed by atoms with E-state index in [-0.39, 0.29) is 24.9 Å². The number of nitrogens with zero attached hydrogens (tertiary/aromatic N) is 1. The maximum atomic E-state index is 11.5. The Kier molecular flexibility index (Phi) is 4.57. The molecule has 3 nitrogen and oxygen atoms in total. The number of carbonyl (C=O) groups excluding carboxylic acids is 1. The number of fused-ring (bicyclic) bond motifs is 1. The summed E-state index contributed by atoms with van der Waals surface area (Å²) in [5, 5.41) is 2.10. The van der Waals surface area contributed by atoms with Gasteiger partial charge in [-0.3, -0.25) is 4.79 Å². The van der Waals surface area contributed by atoms with Gasteiger partial charge in [0.2, 0.25) is 5.91 Å². The molecule has 0 atom stereocenters. The summed E-state index contributed by atoms with van der Waals surface area (Å²) in [6.45, 7) is 1.71. The van der Waals surface area contributed by atoms with E-state index in [4.69, 9.17) is 5.73 Å². The quantitative estimate of drug-likeness (QED) is 0.814. The van der Waals surface area contributed by atoms with Crippen LogP contribution in [0.1, 0.15) is 16.9 Å². The molecule has 0 saturated heterocycles. The third kappa shape index (κ3) is 2.71. The first-order chi connectivity index (χ1) is 6.81. The predicted octanol–water partition coefficient (Wildman–Crippen LogP) is 1.40. The van der Waals surface area contributed by atoms with Crippen molar-refractivity contribution in [3.63, 3.8) is 0 Å². The number of hydrogen-bond acceptors (Lipinski definition) is 3. The van der Waals surface area contributed by atoms with Crippen LogP contribution in [0.2, 0.25) is 0 Å². The Morgan fingerprint density at radius 2 is 2.40 bits per heavy atom. The lowest BCUT2D eigenvalue weighted by molar-refractivity contribution is -0.130. The standard InChI is InChI=1S/C10H14N2OS.ClH/c11-6-10(13)12-4-1-2-9-8(7-12)3-5-14-9;/h3,5H,1-2,4,6-7,11H2;1H. The molecule has 2 rings (SSSR count). The van der Waals surface area contributed by atoms with Crippen molar-refractivity contribution in [1.82, 2.24) is 4.90 Å². The highest BCUT2D eigenvalue weighted by atomic mass is 35.5. The molecule has 0 aliphatic carbocycles. The molecule has 2 N–H and O–H groups in total. The van der Waals surface area contributed by atoms with Crippen LogP contribution in [0.4, 0.5) is 0 Å². The van der Waals surface area contributed by atoms with Crippen LogP contribution in [0.3, 0.4) is 0 Å². The molecule has 1 aromatic rings. The van der Waals surface area contributed by atoms with Crippen LogP contribution in [0.5, 0.6) is 0 Å². The SMILES string of the molecule is Cl.NCC(=O)N1CCCc2sccc2C1. The summed E-state index contributed by atoms with van der Waals surface area (Å²) in [6.07, 6.45) is 2.15. The van der Waals surface area contributed by atoms with Crippen molar-refractivity contribution in [2.45, 2.75) is 19.4 Å². The number of thiophene rings is 1. The molecule has 0 unspecified atom stereocenters. The maximum absolute atomic E-state index is 11.5. The first-order valence-electron chi connectivity index (χ1n) is 4.84. The third-order valence-electron chi connectivity index (χ3n) is 2.56. The van der Waals surface area contributed by atoms with E-state index in [1.165, 1.54) is 10.4 Å². The maximum Gasteiger partial charge on any atom is 0.236 e. The first kappa shape index (κ1) is 12.5. The van der Waals surface area contributed by atoms with Crippen molar-refractivity contribution in [2.24, 2.45) is 5.73 Å². The van der Waals surface area contributed by atoms with Crippen molar-refractivity contribution in [1.29, 1.82) is 0 Å². The number of hydrogen-bond donors (Lipinski definition) is 1. The Labute approximate surface area is 99.7 Å². The van der Waals surface area contributed by atoms with Crippen LogP contribution in [0, 0.1) is 0 Å². The molecule has 1 aromatic heterocycles. The molecule has 1 amide bonds. The van der Waals surface area contributed by atoms with Gasteiger partial charge in [-0.15, -0.1) is 23.7 Å². The fourth-order valence-electron chi connectivity index (χ4n) is 1.78. The zero-order chi connectivity index (χ0) is 9.97. The lowest BCUT2D eigenvalue weighted by Crippen LogP contribution is -2.35. The number of rotatable bonds is 1. The fourth-order valence-corrected chi connectivity index (χ4v) is 2.73. The molecular formula is C10H15ClN2OS. The Bertz CT molecular complexity index is 340. The first-order valence-corrected chi connectivity index (χ1v) is 5.72. The van der Waals surface area contributed by atoms with Gasteiger partial charge in [-0.1, -0.05) is 0 Å². The van der Waals surface area contributed by atoms with E-state index in [0.29, 0.717) is 0 Å². The van der Waals surface area contributed by atoms with E-state index in [1.54, 1.807) is 11.3 Å². The van der Waals surface area contributed by atoms with Crippen molar-refractivity contribution >= 4 is 29.7 Å². The van der Waals surface area contributed by atoms with Gasteiger partial charge in [0.15, 0.2) is 0 Å². The molecule has 1 aliphatic rings. The van der Waals surface area contributed by atoms with Gasteiger partial charge in [0.1, 0.15) is 0 Å². The van der Waals surface area contributed by atoms with E-state index in [2.05, 4.69) is 11.4 Å². The van der Waals surface area contributed by atoms with Crippen LogP contribution in [-0.4, -0.2) is 23.9 Å². The highest BCUT2D eigenvalue weighted by Crippen LogP contribution is 2.23. The van der Waals surface area contributed by atoms with Gasteiger partial charge in [-0.05, 0) is 29.9 Å². The van der Waals surface area contributed by atoms with Crippen LogP contribution in [-0.2, 0) is 17.8 Å². The van der Waals surface area contributed by atoms with Crippen LogP contribution >= 0.6 is 23.7 Å². The largest absolute Gasteiger partial charge is 0.337 e. The topological polar surface area (TPSA) is 46.3 Å². The number of aryl methyl sites for hydroxylation is 1. The van der Waals surface area contributed by atoms with Crippen LogP contribution in [0.25, 0.3) is 0 Å². The van der Waals surface area contributed by atoms with Crippen molar-refractivity contribution < 1.29 is 4.79 Å². The lowest BCUT2D eigenvalue weighted by atomic mass is 10.2. The average Bonchev–Trinajstić information content (AvgIpc) is 2.54. The summed E-state index contributed by atoms with van der Waals surface area (Å²) in [4.78, 5) is 14.7. The molecule has 0 bridgehead atoms. The van der Waals surface area contributed by atoms with Gasteiger partial charge in [-0.25, -0.2) is 0 Å². The van der Waals surface area contributed by atoms with Crippen molar-refractivity contribution in [3.05, 3.63) is 21.9 Å². The van der Waals surface area contributed by atoms with Gasteiger partial charge in [0, 0.05) is 18.0 Å². The minimum Gasteiger partial charge on any atom is -0.337 e. The van der Waals surface area contributed by atoms with Crippen molar-refractivity contribution in [2.75, 3.05) is 13.1 Å².